The van der Waals surface area contributed by atoms with Gasteiger partial charge in [-0.25, -0.2) is 9.97 Å². The van der Waals surface area contributed by atoms with Crippen molar-refractivity contribution < 1.29 is 0 Å². The van der Waals surface area contributed by atoms with Gasteiger partial charge in [-0.2, -0.15) is 0 Å². The van der Waals surface area contributed by atoms with E-state index in [1.165, 1.54) is 18.4 Å². The summed E-state index contributed by atoms with van der Waals surface area (Å²) in [6, 6.07) is 2.83. The van der Waals surface area contributed by atoms with Crippen molar-refractivity contribution in [3.63, 3.8) is 0 Å². The standard InChI is InChI=1S/C16H20BrN3S/c1-9(7-18-13-4-5-13)15-10(2)19-16(20-11(15)3)14-6-12(17)8-21-14/h6,8-9,13,18H,4-5,7H2,1-3H3. The van der Waals surface area contributed by atoms with E-state index in [0.29, 0.717) is 5.92 Å². The third kappa shape index (κ3) is 3.52. The summed E-state index contributed by atoms with van der Waals surface area (Å²) in [5.74, 6) is 1.29. The van der Waals surface area contributed by atoms with Crippen molar-refractivity contribution in [1.82, 2.24) is 15.3 Å². The fourth-order valence-electron chi connectivity index (χ4n) is 2.71. The van der Waals surface area contributed by atoms with Gasteiger partial charge in [0.15, 0.2) is 5.82 Å². The molecule has 2 aromatic heterocycles. The second-order valence-corrected chi connectivity index (χ2v) is 7.67. The Kier molecular flexibility index (Phi) is 4.43. The summed E-state index contributed by atoms with van der Waals surface area (Å²) in [4.78, 5) is 10.6. The highest BCUT2D eigenvalue weighted by molar-refractivity contribution is 9.10. The van der Waals surface area contributed by atoms with E-state index in [1.54, 1.807) is 11.3 Å². The number of nitrogens with zero attached hydrogens (tertiary/aromatic N) is 2. The van der Waals surface area contributed by atoms with Crippen LogP contribution in [-0.2, 0) is 0 Å². The number of hydrogen-bond donors (Lipinski definition) is 1. The zero-order chi connectivity index (χ0) is 15.0. The van der Waals surface area contributed by atoms with Gasteiger partial charge in [-0.05, 0) is 60.2 Å². The van der Waals surface area contributed by atoms with E-state index < -0.39 is 0 Å². The van der Waals surface area contributed by atoms with E-state index in [0.717, 1.165) is 39.1 Å². The van der Waals surface area contributed by atoms with Gasteiger partial charge in [0, 0.05) is 33.8 Å². The molecule has 3 nitrogen and oxygen atoms in total. The highest BCUT2D eigenvalue weighted by atomic mass is 79.9. The molecule has 1 fully saturated rings. The molecule has 5 heteroatoms. The van der Waals surface area contributed by atoms with Crippen LogP contribution in [0.5, 0.6) is 0 Å². The first-order valence-electron chi connectivity index (χ1n) is 7.37. The SMILES string of the molecule is Cc1nc(-c2cc(Br)cs2)nc(C)c1C(C)CNC1CC1. The lowest BCUT2D eigenvalue weighted by Crippen LogP contribution is -2.23. The van der Waals surface area contributed by atoms with Crippen molar-refractivity contribution in [3.8, 4) is 10.7 Å². The van der Waals surface area contributed by atoms with Gasteiger partial charge in [0.1, 0.15) is 0 Å². The summed E-state index contributed by atoms with van der Waals surface area (Å²) in [7, 11) is 0. The zero-order valence-electron chi connectivity index (χ0n) is 12.6. The molecule has 1 aliphatic rings. The van der Waals surface area contributed by atoms with Gasteiger partial charge in [-0.3, -0.25) is 0 Å². The number of rotatable bonds is 5. The molecule has 1 aliphatic carbocycles. The molecule has 21 heavy (non-hydrogen) atoms. The van der Waals surface area contributed by atoms with Crippen molar-refractivity contribution in [1.29, 1.82) is 0 Å². The molecule has 0 saturated heterocycles. The maximum Gasteiger partial charge on any atom is 0.169 e. The van der Waals surface area contributed by atoms with E-state index in [-0.39, 0.29) is 0 Å². The molecule has 0 radical (unpaired) electrons. The number of nitrogens with one attached hydrogen (secondary N) is 1. The van der Waals surface area contributed by atoms with Crippen LogP contribution >= 0.6 is 27.3 Å². The highest BCUT2D eigenvalue weighted by Crippen LogP contribution is 2.30. The summed E-state index contributed by atoms with van der Waals surface area (Å²) in [5.41, 5.74) is 3.50. The van der Waals surface area contributed by atoms with Gasteiger partial charge in [0.05, 0.1) is 4.88 Å². The third-order valence-electron chi connectivity index (χ3n) is 3.90. The van der Waals surface area contributed by atoms with E-state index >= 15 is 0 Å². The van der Waals surface area contributed by atoms with Crippen LogP contribution < -0.4 is 5.32 Å². The Morgan fingerprint density at radius 2 is 2.00 bits per heavy atom. The molecule has 0 aliphatic heterocycles. The summed E-state index contributed by atoms with van der Waals surface area (Å²) in [6.45, 7) is 7.47. The van der Waals surface area contributed by atoms with Gasteiger partial charge in [0.2, 0.25) is 0 Å². The first-order chi connectivity index (χ1) is 10.0. The van der Waals surface area contributed by atoms with Gasteiger partial charge in [-0.15, -0.1) is 11.3 Å². The van der Waals surface area contributed by atoms with Crippen LogP contribution in [0.1, 0.15) is 42.6 Å². The maximum atomic E-state index is 4.73. The minimum absolute atomic E-state index is 0.453. The Balaban J connectivity index is 1.84. The lowest BCUT2D eigenvalue weighted by Gasteiger charge is -2.17. The topological polar surface area (TPSA) is 37.8 Å². The smallest absolute Gasteiger partial charge is 0.169 e. The van der Waals surface area contributed by atoms with Crippen LogP contribution in [0.4, 0.5) is 0 Å². The summed E-state index contributed by atoms with van der Waals surface area (Å²) in [6.07, 6.45) is 2.65. The molecule has 1 unspecified atom stereocenters. The number of halogens is 1. The molecule has 2 aromatic rings. The molecule has 0 amide bonds. The molecular formula is C16H20BrN3S. The molecule has 2 heterocycles. The van der Waals surface area contributed by atoms with Crippen molar-refractivity contribution in [3.05, 3.63) is 32.9 Å². The lowest BCUT2D eigenvalue weighted by atomic mass is 9.98. The molecule has 1 N–H and O–H groups in total. The minimum Gasteiger partial charge on any atom is -0.313 e. The Morgan fingerprint density at radius 1 is 1.33 bits per heavy atom. The lowest BCUT2D eigenvalue weighted by molar-refractivity contribution is 0.603. The average Bonchev–Trinajstić information content (AvgIpc) is 3.16. The zero-order valence-corrected chi connectivity index (χ0v) is 15.0. The maximum absolute atomic E-state index is 4.73. The summed E-state index contributed by atoms with van der Waals surface area (Å²) in [5, 5.41) is 5.67. The number of aromatic nitrogens is 2. The van der Waals surface area contributed by atoms with E-state index in [2.05, 4.69) is 53.5 Å². The third-order valence-corrected chi connectivity index (χ3v) is 5.58. The first-order valence-corrected chi connectivity index (χ1v) is 9.04. The molecular weight excluding hydrogens is 346 g/mol. The molecule has 0 bridgehead atoms. The van der Waals surface area contributed by atoms with Gasteiger partial charge in [0.25, 0.3) is 0 Å². The van der Waals surface area contributed by atoms with Crippen LogP contribution in [0.3, 0.4) is 0 Å². The molecule has 0 aromatic carbocycles. The highest BCUT2D eigenvalue weighted by Gasteiger charge is 2.23. The van der Waals surface area contributed by atoms with Crippen molar-refractivity contribution >= 4 is 27.3 Å². The predicted octanol–water partition coefficient (Wildman–Crippen LogP) is 4.44. The summed E-state index contributed by atoms with van der Waals surface area (Å²) >= 11 is 5.16. The second-order valence-electron chi connectivity index (χ2n) is 5.84. The molecule has 3 rings (SSSR count). The second kappa shape index (κ2) is 6.15. The molecule has 0 spiro atoms. The molecule has 1 saturated carbocycles. The van der Waals surface area contributed by atoms with Crippen molar-refractivity contribution in [2.24, 2.45) is 0 Å². The van der Waals surface area contributed by atoms with Crippen LogP contribution in [0.2, 0.25) is 0 Å². The van der Waals surface area contributed by atoms with Gasteiger partial charge >= 0.3 is 0 Å². The van der Waals surface area contributed by atoms with E-state index in [9.17, 15) is 0 Å². The Labute approximate surface area is 138 Å². The van der Waals surface area contributed by atoms with E-state index in [4.69, 9.17) is 9.97 Å². The Bertz CT molecular complexity index is 626. The number of hydrogen-bond acceptors (Lipinski definition) is 4. The minimum atomic E-state index is 0.453. The molecule has 112 valence electrons. The van der Waals surface area contributed by atoms with E-state index in [1.807, 2.05) is 0 Å². The average molecular weight is 366 g/mol. The quantitative estimate of drug-likeness (QED) is 0.850. The monoisotopic (exact) mass is 365 g/mol. The summed E-state index contributed by atoms with van der Waals surface area (Å²) < 4.78 is 1.09. The normalized spacial score (nSPS) is 16.2. The number of thiophene rings is 1. The van der Waals surface area contributed by atoms with Crippen LogP contribution in [0.25, 0.3) is 10.7 Å². The molecule has 1 atom stereocenters. The van der Waals surface area contributed by atoms with Gasteiger partial charge in [-0.1, -0.05) is 6.92 Å². The van der Waals surface area contributed by atoms with Crippen LogP contribution in [0, 0.1) is 13.8 Å². The van der Waals surface area contributed by atoms with Crippen LogP contribution in [0.15, 0.2) is 15.9 Å². The van der Waals surface area contributed by atoms with Gasteiger partial charge < -0.3 is 5.32 Å². The van der Waals surface area contributed by atoms with Crippen molar-refractivity contribution in [2.75, 3.05) is 6.54 Å². The Hall–Kier alpha value is -0.780. The predicted molar refractivity (Wildman–Crippen MR) is 92.0 cm³/mol. The first kappa shape index (κ1) is 15.1. The fourth-order valence-corrected chi connectivity index (χ4v) is 4.07. The van der Waals surface area contributed by atoms with Crippen LogP contribution in [-0.4, -0.2) is 22.6 Å². The largest absolute Gasteiger partial charge is 0.313 e. The van der Waals surface area contributed by atoms with Crippen molar-refractivity contribution in [2.45, 2.75) is 45.6 Å². The Morgan fingerprint density at radius 3 is 2.52 bits per heavy atom. The number of aryl methyl sites for hydroxylation is 2. The fraction of sp³-hybridized carbons (Fsp3) is 0.500.